The first kappa shape index (κ1) is 18.6. The van der Waals surface area contributed by atoms with Gasteiger partial charge < -0.3 is 10.4 Å². The van der Waals surface area contributed by atoms with Crippen LogP contribution in [0.5, 0.6) is 0 Å². The minimum atomic E-state index is -0.746. The van der Waals surface area contributed by atoms with Crippen LogP contribution in [0.4, 0.5) is 10.1 Å². The molecule has 0 atom stereocenters. The maximum Gasteiger partial charge on any atom is 0.306 e. The van der Waals surface area contributed by atoms with Crippen molar-refractivity contribution in [3.8, 4) is 0 Å². The van der Waals surface area contributed by atoms with Crippen LogP contribution in [0.1, 0.15) is 46.8 Å². The van der Waals surface area contributed by atoms with Crippen LogP contribution >= 0.6 is 11.3 Å². The van der Waals surface area contributed by atoms with Gasteiger partial charge in [0.1, 0.15) is 5.82 Å². The Hall–Kier alpha value is -2.73. The molecule has 0 bridgehead atoms. The summed E-state index contributed by atoms with van der Waals surface area (Å²) in [7, 11) is 0. The van der Waals surface area contributed by atoms with E-state index < -0.39 is 11.8 Å². The Kier molecular flexibility index (Phi) is 5.13. The minimum Gasteiger partial charge on any atom is -0.481 e. The van der Waals surface area contributed by atoms with Crippen molar-refractivity contribution in [1.82, 2.24) is 0 Å². The number of rotatable bonds is 4. The molecule has 1 saturated carbocycles. The molecular formula is C22H20FNO3S. The van der Waals surface area contributed by atoms with Crippen molar-refractivity contribution in [2.24, 2.45) is 5.92 Å². The van der Waals surface area contributed by atoms with Crippen molar-refractivity contribution >= 4 is 39.0 Å². The van der Waals surface area contributed by atoms with Crippen LogP contribution in [0.3, 0.4) is 0 Å². The Bertz CT molecular complexity index is 1000. The van der Waals surface area contributed by atoms with Gasteiger partial charge in [-0.25, -0.2) is 4.39 Å². The van der Waals surface area contributed by atoms with Gasteiger partial charge in [-0.15, -0.1) is 11.3 Å². The van der Waals surface area contributed by atoms with Crippen LogP contribution in [-0.2, 0) is 4.79 Å². The molecule has 1 aliphatic rings. The molecule has 1 amide bonds. The first-order valence-electron chi connectivity index (χ1n) is 9.33. The number of benzene rings is 2. The van der Waals surface area contributed by atoms with E-state index in [9.17, 15) is 14.0 Å². The van der Waals surface area contributed by atoms with Crippen LogP contribution in [0, 0.1) is 11.7 Å². The number of carbonyl (C=O) groups is 2. The summed E-state index contributed by atoms with van der Waals surface area (Å²) in [6, 6.07) is 14.4. The summed E-state index contributed by atoms with van der Waals surface area (Å²) in [6.45, 7) is 0. The lowest BCUT2D eigenvalue weighted by Gasteiger charge is -2.26. The fourth-order valence-corrected chi connectivity index (χ4v) is 4.80. The van der Waals surface area contributed by atoms with Crippen molar-refractivity contribution < 1.29 is 19.1 Å². The van der Waals surface area contributed by atoms with Gasteiger partial charge in [-0.05, 0) is 66.8 Å². The number of carboxylic acid groups (broad SMARTS) is 1. The normalized spacial score (nSPS) is 19.5. The van der Waals surface area contributed by atoms with Crippen molar-refractivity contribution in [3.05, 3.63) is 64.8 Å². The highest BCUT2D eigenvalue weighted by atomic mass is 32.1. The highest BCUT2D eigenvalue weighted by Crippen LogP contribution is 2.37. The van der Waals surface area contributed by atoms with Crippen LogP contribution < -0.4 is 5.32 Å². The SMILES string of the molecule is O=C(Nc1ccc(C2CCC(C(=O)O)CC2)cc1F)c1cc2ccccc2s1. The molecule has 1 heterocycles. The Balaban J connectivity index is 1.46. The number of nitrogens with one attached hydrogen (secondary N) is 1. The average Bonchev–Trinajstić information content (AvgIpc) is 3.14. The molecule has 1 aliphatic carbocycles. The number of aliphatic carboxylic acids is 1. The third-order valence-electron chi connectivity index (χ3n) is 5.44. The number of fused-ring (bicyclic) bond motifs is 1. The summed E-state index contributed by atoms with van der Waals surface area (Å²) in [5, 5.41) is 12.7. The van der Waals surface area contributed by atoms with E-state index in [1.807, 2.05) is 36.4 Å². The second-order valence-electron chi connectivity index (χ2n) is 7.23. The highest BCUT2D eigenvalue weighted by Gasteiger charge is 2.27. The average molecular weight is 397 g/mol. The number of carboxylic acids is 1. The summed E-state index contributed by atoms with van der Waals surface area (Å²) in [5.41, 5.74) is 1.02. The van der Waals surface area contributed by atoms with Crippen molar-refractivity contribution in [2.45, 2.75) is 31.6 Å². The predicted molar refractivity (Wildman–Crippen MR) is 109 cm³/mol. The predicted octanol–water partition coefficient (Wildman–Crippen LogP) is 5.65. The molecule has 4 nitrogen and oxygen atoms in total. The number of carbonyl (C=O) groups excluding carboxylic acids is 1. The van der Waals surface area contributed by atoms with E-state index in [4.69, 9.17) is 5.11 Å². The second-order valence-corrected chi connectivity index (χ2v) is 8.31. The number of hydrogen-bond donors (Lipinski definition) is 2. The van der Waals surface area contributed by atoms with Gasteiger partial charge in [-0.2, -0.15) is 0 Å². The fourth-order valence-electron chi connectivity index (χ4n) is 3.84. The number of hydrogen-bond acceptors (Lipinski definition) is 3. The van der Waals surface area contributed by atoms with E-state index >= 15 is 0 Å². The van der Waals surface area contributed by atoms with E-state index in [0.717, 1.165) is 28.5 Å². The third kappa shape index (κ3) is 3.78. The summed E-state index contributed by atoms with van der Waals surface area (Å²) in [6.07, 6.45) is 2.71. The van der Waals surface area contributed by atoms with Crippen LogP contribution in [0.25, 0.3) is 10.1 Å². The zero-order valence-electron chi connectivity index (χ0n) is 15.2. The van der Waals surface area contributed by atoms with E-state index in [1.165, 1.54) is 17.4 Å². The van der Waals surface area contributed by atoms with Gasteiger partial charge in [-0.1, -0.05) is 24.3 Å². The zero-order valence-corrected chi connectivity index (χ0v) is 16.0. The minimum absolute atomic E-state index is 0.158. The molecule has 0 radical (unpaired) electrons. The van der Waals surface area contributed by atoms with Gasteiger partial charge in [0.05, 0.1) is 16.5 Å². The summed E-state index contributed by atoms with van der Waals surface area (Å²) in [5.74, 6) is -1.66. The van der Waals surface area contributed by atoms with Gasteiger partial charge in [0, 0.05) is 4.70 Å². The van der Waals surface area contributed by atoms with Gasteiger partial charge in [0.25, 0.3) is 5.91 Å². The second kappa shape index (κ2) is 7.72. The Morgan fingerprint density at radius 1 is 1.04 bits per heavy atom. The Morgan fingerprint density at radius 2 is 1.79 bits per heavy atom. The monoisotopic (exact) mass is 397 g/mol. The quantitative estimate of drug-likeness (QED) is 0.598. The molecule has 1 fully saturated rings. The molecule has 4 rings (SSSR count). The van der Waals surface area contributed by atoms with Crippen LogP contribution in [0.2, 0.25) is 0 Å². The summed E-state index contributed by atoms with van der Waals surface area (Å²) in [4.78, 5) is 24.1. The lowest BCUT2D eigenvalue weighted by Crippen LogP contribution is -2.20. The summed E-state index contributed by atoms with van der Waals surface area (Å²) < 4.78 is 15.6. The van der Waals surface area contributed by atoms with Gasteiger partial charge in [-0.3, -0.25) is 9.59 Å². The Labute approximate surface area is 166 Å². The topological polar surface area (TPSA) is 66.4 Å². The van der Waals surface area contributed by atoms with E-state index in [-0.39, 0.29) is 23.4 Å². The first-order chi connectivity index (χ1) is 13.5. The maximum absolute atomic E-state index is 14.6. The van der Waals surface area contributed by atoms with Crippen LogP contribution in [0.15, 0.2) is 48.5 Å². The van der Waals surface area contributed by atoms with E-state index in [1.54, 1.807) is 6.07 Å². The first-order valence-corrected chi connectivity index (χ1v) is 10.1. The molecule has 28 heavy (non-hydrogen) atoms. The molecule has 0 aliphatic heterocycles. The Morgan fingerprint density at radius 3 is 2.46 bits per heavy atom. The van der Waals surface area contributed by atoms with E-state index in [2.05, 4.69) is 5.32 Å². The van der Waals surface area contributed by atoms with Crippen molar-refractivity contribution in [3.63, 3.8) is 0 Å². The molecule has 6 heteroatoms. The lowest BCUT2D eigenvalue weighted by atomic mass is 9.79. The number of anilines is 1. The molecular weight excluding hydrogens is 377 g/mol. The van der Waals surface area contributed by atoms with Gasteiger partial charge >= 0.3 is 5.97 Å². The molecule has 144 valence electrons. The molecule has 0 spiro atoms. The summed E-state index contributed by atoms with van der Waals surface area (Å²) >= 11 is 1.38. The lowest BCUT2D eigenvalue weighted by molar-refractivity contribution is -0.142. The molecule has 2 aromatic carbocycles. The van der Waals surface area contributed by atoms with Gasteiger partial charge in [0.15, 0.2) is 0 Å². The molecule has 2 N–H and O–H groups in total. The molecule has 0 unspecified atom stereocenters. The smallest absolute Gasteiger partial charge is 0.306 e. The number of halogens is 1. The molecule has 0 saturated heterocycles. The third-order valence-corrected chi connectivity index (χ3v) is 6.55. The largest absolute Gasteiger partial charge is 0.481 e. The van der Waals surface area contributed by atoms with E-state index in [0.29, 0.717) is 17.7 Å². The van der Waals surface area contributed by atoms with Crippen LogP contribution in [-0.4, -0.2) is 17.0 Å². The molecule has 1 aromatic heterocycles. The standard InChI is InChI=1S/C22H20FNO3S/c23-17-11-15(13-5-7-14(8-6-13)22(26)27)9-10-18(17)24-21(25)20-12-16-3-1-2-4-19(16)28-20/h1-4,9-14H,5-8H2,(H,24,25)(H,26,27). The van der Waals surface area contributed by atoms with Gasteiger partial charge in [0.2, 0.25) is 0 Å². The number of amides is 1. The fraction of sp³-hybridized carbons (Fsp3) is 0.273. The number of thiophene rings is 1. The van der Waals surface area contributed by atoms with Crippen molar-refractivity contribution in [2.75, 3.05) is 5.32 Å². The molecule has 3 aromatic rings. The zero-order chi connectivity index (χ0) is 19.7. The maximum atomic E-state index is 14.6. The highest BCUT2D eigenvalue weighted by molar-refractivity contribution is 7.20. The van der Waals surface area contributed by atoms with Crippen molar-refractivity contribution in [1.29, 1.82) is 0 Å².